The first-order valence-electron chi connectivity index (χ1n) is 7.21. The lowest BCUT2D eigenvalue weighted by Gasteiger charge is -2.32. The number of likely N-dealkylation sites (tertiary alicyclic amines) is 1. The summed E-state index contributed by atoms with van der Waals surface area (Å²) in [6.07, 6.45) is 7.03. The molecule has 1 N–H and O–H groups in total. The van der Waals surface area contributed by atoms with E-state index < -0.39 is 10.0 Å². The summed E-state index contributed by atoms with van der Waals surface area (Å²) in [6.45, 7) is 7.50. The molecule has 0 bridgehead atoms. The number of hydrogen-bond donors (Lipinski definition) is 1. The van der Waals surface area contributed by atoms with Crippen LogP contribution in [0, 0.1) is 11.8 Å². The Morgan fingerprint density at radius 2 is 2.16 bits per heavy atom. The van der Waals surface area contributed by atoms with Crippen molar-refractivity contribution in [2.45, 2.75) is 39.2 Å². The molecule has 0 aromatic heterocycles. The van der Waals surface area contributed by atoms with Gasteiger partial charge < -0.3 is 4.90 Å². The van der Waals surface area contributed by atoms with Crippen LogP contribution < -0.4 is 4.72 Å². The van der Waals surface area contributed by atoms with Crippen LogP contribution >= 0.6 is 0 Å². The van der Waals surface area contributed by atoms with E-state index in [4.69, 9.17) is 0 Å². The van der Waals surface area contributed by atoms with Gasteiger partial charge >= 0.3 is 0 Å². The number of sulfonamides is 1. The lowest BCUT2D eigenvalue weighted by molar-refractivity contribution is 0.237. The highest BCUT2D eigenvalue weighted by atomic mass is 32.2. The van der Waals surface area contributed by atoms with E-state index in [0.29, 0.717) is 5.92 Å². The van der Waals surface area contributed by atoms with E-state index in [1.54, 1.807) is 0 Å². The zero-order valence-corrected chi connectivity index (χ0v) is 13.0. The molecule has 1 aliphatic heterocycles. The van der Waals surface area contributed by atoms with Crippen molar-refractivity contribution in [1.29, 1.82) is 0 Å². The molecule has 1 fully saturated rings. The molecule has 0 spiro atoms. The topological polar surface area (TPSA) is 49.4 Å². The molecule has 19 heavy (non-hydrogen) atoms. The molecule has 0 aromatic carbocycles. The molecular formula is C14H26N2O2S. The minimum absolute atomic E-state index is 0.0955. The first-order valence-corrected chi connectivity index (χ1v) is 9.10. The molecular weight excluding hydrogens is 260 g/mol. The summed E-state index contributed by atoms with van der Waals surface area (Å²) in [5.74, 6) is 1.39. The second kappa shape index (κ2) is 5.94. The fraction of sp³-hybridized carbons (Fsp3) is 0.857. The van der Waals surface area contributed by atoms with Crippen molar-refractivity contribution >= 4 is 10.0 Å². The van der Waals surface area contributed by atoms with Crippen LogP contribution in [0.3, 0.4) is 0 Å². The Kier molecular flexibility index (Phi) is 4.69. The van der Waals surface area contributed by atoms with E-state index in [1.807, 2.05) is 0 Å². The van der Waals surface area contributed by atoms with Gasteiger partial charge in [-0.2, -0.15) is 0 Å². The molecule has 1 saturated heterocycles. The molecule has 0 saturated carbocycles. The predicted octanol–water partition coefficient (Wildman–Crippen LogP) is 1.60. The van der Waals surface area contributed by atoms with E-state index in [0.717, 1.165) is 32.0 Å². The zero-order chi connectivity index (χ0) is 14.0. The minimum Gasteiger partial charge on any atom is -0.301 e. The molecule has 0 aromatic rings. The van der Waals surface area contributed by atoms with E-state index in [-0.39, 0.29) is 6.04 Å². The van der Waals surface area contributed by atoms with Crippen molar-refractivity contribution in [3.63, 3.8) is 0 Å². The van der Waals surface area contributed by atoms with Crippen LogP contribution in [0.2, 0.25) is 0 Å². The van der Waals surface area contributed by atoms with Gasteiger partial charge in [-0.1, -0.05) is 18.6 Å². The van der Waals surface area contributed by atoms with Gasteiger partial charge in [-0.3, -0.25) is 0 Å². The van der Waals surface area contributed by atoms with Gasteiger partial charge in [0, 0.05) is 19.1 Å². The van der Waals surface area contributed by atoms with Crippen LogP contribution in [-0.2, 0) is 10.0 Å². The molecule has 1 heterocycles. The number of rotatable bonds is 4. The molecule has 5 heteroatoms. The Bertz CT molecular complexity index is 444. The molecule has 4 nitrogen and oxygen atoms in total. The summed E-state index contributed by atoms with van der Waals surface area (Å²) in [4.78, 5) is 2.41. The van der Waals surface area contributed by atoms with E-state index in [9.17, 15) is 8.42 Å². The Labute approximate surface area is 117 Å². The fourth-order valence-corrected chi connectivity index (χ4v) is 4.17. The van der Waals surface area contributed by atoms with Crippen molar-refractivity contribution in [3.05, 3.63) is 11.6 Å². The maximum Gasteiger partial charge on any atom is 0.208 e. The van der Waals surface area contributed by atoms with Crippen molar-refractivity contribution in [2.24, 2.45) is 11.8 Å². The summed E-state index contributed by atoms with van der Waals surface area (Å²) < 4.78 is 25.2. The average Bonchev–Trinajstić information content (AvgIpc) is 2.69. The largest absolute Gasteiger partial charge is 0.301 e. The first kappa shape index (κ1) is 15.0. The third-order valence-corrected chi connectivity index (χ3v) is 5.23. The molecule has 2 aliphatic rings. The van der Waals surface area contributed by atoms with Gasteiger partial charge in [0.05, 0.1) is 6.26 Å². The summed E-state index contributed by atoms with van der Waals surface area (Å²) in [7, 11) is -3.07. The molecule has 3 unspecified atom stereocenters. The highest BCUT2D eigenvalue weighted by Gasteiger charge is 2.29. The van der Waals surface area contributed by atoms with Crippen LogP contribution in [0.4, 0.5) is 0 Å². The fourth-order valence-electron chi connectivity index (χ4n) is 3.37. The molecule has 0 radical (unpaired) electrons. The molecule has 3 atom stereocenters. The third-order valence-electron chi connectivity index (χ3n) is 4.47. The molecule has 0 amide bonds. The van der Waals surface area contributed by atoms with Gasteiger partial charge in [-0.15, -0.1) is 0 Å². The summed E-state index contributed by atoms with van der Waals surface area (Å²) in [5, 5.41) is 0. The van der Waals surface area contributed by atoms with Crippen LogP contribution in [0.1, 0.15) is 33.1 Å². The predicted molar refractivity (Wildman–Crippen MR) is 78.5 cm³/mol. The summed E-state index contributed by atoms with van der Waals surface area (Å²) in [5.41, 5.74) is 1.51. The van der Waals surface area contributed by atoms with Gasteiger partial charge in [0.1, 0.15) is 0 Å². The number of hydrogen-bond acceptors (Lipinski definition) is 3. The van der Waals surface area contributed by atoms with Gasteiger partial charge in [-0.25, -0.2) is 13.1 Å². The highest BCUT2D eigenvalue weighted by molar-refractivity contribution is 7.88. The number of nitrogens with one attached hydrogen (secondary N) is 1. The van der Waals surface area contributed by atoms with Gasteiger partial charge in [-0.05, 0) is 44.6 Å². The van der Waals surface area contributed by atoms with Gasteiger partial charge in [0.2, 0.25) is 10.0 Å². The van der Waals surface area contributed by atoms with Crippen LogP contribution in [-0.4, -0.2) is 45.2 Å². The standard InChI is InChI=1S/C14H26N2O2S/c1-11-5-4-6-12(2)14(11)10-16-8-7-13(9-16)15-19(3,17)18/h5,12-15H,4,6-10H2,1-3H3. The van der Waals surface area contributed by atoms with Crippen molar-refractivity contribution in [3.8, 4) is 0 Å². The van der Waals surface area contributed by atoms with Crippen LogP contribution in [0.15, 0.2) is 11.6 Å². The Morgan fingerprint density at radius 3 is 2.79 bits per heavy atom. The van der Waals surface area contributed by atoms with Gasteiger partial charge in [0.15, 0.2) is 0 Å². The molecule has 1 aliphatic carbocycles. The van der Waals surface area contributed by atoms with Crippen molar-refractivity contribution in [1.82, 2.24) is 9.62 Å². The monoisotopic (exact) mass is 286 g/mol. The Balaban J connectivity index is 1.88. The minimum atomic E-state index is -3.07. The van der Waals surface area contributed by atoms with Crippen molar-refractivity contribution in [2.75, 3.05) is 25.9 Å². The van der Waals surface area contributed by atoms with Crippen molar-refractivity contribution < 1.29 is 8.42 Å². The molecule has 2 rings (SSSR count). The smallest absolute Gasteiger partial charge is 0.208 e. The maximum atomic E-state index is 11.2. The Morgan fingerprint density at radius 1 is 1.42 bits per heavy atom. The Hall–Kier alpha value is -0.390. The number of allylic oxidation sites excluding steroid dienone is 1. The quantitative estimate of drug-likeness (QED) is 0.799. The lowest BCUT2D eigenvalue weighted by Crippen LogP contribution is -2.38. The van der Waals surface area contributed by atoms with Gasteiger partial charge in [0.25, 0.3) is 0 Å². The lowest BCUT2D eigenvalue weighted by atomic mass is 9.80. The third kappa shape index (κ3) is 4.29. The highest BCUT2D eigenvalue weighted by Crippen LogP contribution is 2.31. The summed E-state index contributed by atoms with van der Waals surface area (Å²) >= 11 is 0. The number of nitrogens with zero attached hydrogens (tertiary/aromatic N) is 1. The normalized spacial score (nSPS) is 33.4. The second-order valence-electron chi connectivity index (χ2n) is 6.24. The second-order valence-corrected chi connectivity index (χ2v) is 8.02. The van der Waals surface area contributed by atoms with Crippen LogP contribution in [0.5, 0.6) is 0 Å². The van der Waals surface area contributed by atoms with E-state index in [1.165, 1.54) is 24.7 Å². The maximum absolute atomic E-state index is 11.2. The first-order chi connectivity index (χ1) is 8.85. The zero-order valence-electron chi connectivity index (χ0n) is 12.2. The van der Waals surface area contributed by atoms with E-state index in [2.05, 4.69) is 29.5 Å². The van der Waals surface area contributed by atoms with Crippen LogP contribution in [0.25, 0.3) is 0 Å². The SMILES string of the molecule is CC1=CCCC(C)C1CN1CCC(NS(C)(=O)=O)C1. The van der Waals surface area contributed by atoms with E-state index >= 15 is 0 Å². The summed E-state index contributed by atoms with van der Waals surface area (Å²) in [6, 6.07) is 0.0955. The molecule has 110 valence electrons. The average molecular weight is 286 g/mol.